The fraction of sp³-hybridized carbons (Fsp3) is 0.462. The second-order valence-electron chi connectivity index (χ2n) is 4.48. The van der Waals surface area contributed by atoms with Crippen molar-refractivity contribution in [3.8, 4) is 0 Å². The lowest BCUT2D eigenvalue weighted by molar-refractivity contribution is -0.139. The molecule has 1 atom stereocenters. The van der Waals surface area contributed by atoms with E-state index in [-0.39, 0.29) is 5.91 Å². The third-order valence-corrected chi connectivity index (χ3v) is 2.47. The zero-order valence-electron chi connectivity index (χ0n) is 10.8. The molecule has 0 heterocycles. The zero-order valence-corrected chi connectivity index (χ0v) is 10.8. The predicted octanol–water partition coefficient (Wildman–Crippen LogP) is 3.08. The van der Waals surface area contributed by atoms with Gasteiger partial charge >= 0.3 is 6.18 Å². The summed E-state index contributed by atoms with van der Waals surface area (Å²) in [5.74, 6) is -0.162. The number of halogens is 3. The van der Waals surface area contributed by atoms with Gasteiger partial charge in [0, 0.05) is 25.2 Å². The van der Waals surface area contributed by atoms with Crippen molar-refractivity contribution in [2.75, 3.05) is 5.32 Å². The van der Waals surface area contributed by atoms with Crippen LogP contribution in [-0.4, -0.2) is 18.1 Å². The molecule has 0 aliphatic heterocycles. The van der Waals surface area contributed by atoms with Crippen molar-refractivity contribution in [1.29, 1.82) is 0 Å². The molecular formula is C13H17F3N2O. The van der Waals surface area contributed by atoms with E-state index < -0.39 is 18.6 Å². The number of rotatable bonds is 5. The number of carbonyl (C=O) groups excluding carboxylic acids is 1. The number of hydrogen-bond donors (Lipinski definition) is 2. The summed E-state index contributed by atoms with van der Waals surface area (Å²) in [6.45, 7) is 3.27. The van der Waals surface area contributed by atoms with Crippen molar-refractivity contribution in [1.82, 2.24) is 5.32 Å². The van der Waals surface area contributed by atoms with Crippen LogP contribution in [0.2, 0.25) is 0 Å². The highest BCUT2D eigenvalue weighted by molar-refractivity contribution is 5.88. The maximum Gasteiger partial charge on any atom is 0.390 e. The van der Waals surface area contributed by atoms with Crippen LogP contribution in [0, 0.1) is 0 Å². The first-order valence-electron chi connectivity index (χ1n) is 5.93. The van der Waals surface area contributed by atoms with Gasteiger partial charge in [-0.1, -0.05) is 12.1 Å². The lowest BCUT2D eigenvalue weighted by atomic mass is 10.1. The average molecular weight is 274 g/mol. The normalized spacial score (nSPS) is 13.1. The molecule has 0 aliphatic rings. The van der Waals surface area contributed by atoms with Crippen LogP contribution in [0.1, 0.15) is 25.8 Å². The Balaban J connectivity index is 2.43. The van der Waals surface area contributed by atoms with E-state index in [9.17, 15) is 18.0 Å². The van der Waals surface area contributed by atoms with Crippen molar-refractivity contribution < 1.29 is 18.0 Å². The molecule has 106 valence electrons. The summed E-state index contributed by atoms with van der Waals surface area (Å²) >= 11 is 0. The molecule has 0 saturated heterocycles. The first kappa shape index (κ1) is 15.5. The lowest BCUT2D eigenvalue weighted by Gasteiger charge is -2.15. The molecule has 1 unspecified atom stereocenters. The second-order valence-corrected chi connectivity index (χ2v) is 4.48. The van der Waals surface area contributed by atoms with Crippen LogP contribution in [0.15, 0.2) is 24.3 Å². The molecule has 1 amide bonds. The van der Waals surface area contributed by atoms with E-state index in [0.717, 1.165) is 5.56 Å². The lowest BCUT2D eigenvalue weighted by Crippen LogP contribution is -2.30. The van der Waals surface area contributed by atoms with Crippen LogP contribution in [0.3, 0.4) is 0 Å². The topological polar surface area (TPSA) is 41.1 Å². The van der Waals surface area contributed by atoms with E-state index in [0.29, 0.717) is 12.2 Å². The quantitative estimate of drug-likeness (QED) is 0.866. The molecule has 1 aromatic carbocycles. The van der Waals surface area contributed by atoms with Crippen molar-refractivity contribution in [3.05, 3.63) is 29.8 Å². The number of carbonyl (C=O) groups is 1. The van der Waals surface area contributed by atoms with E-state index in [1.165, 1.54) is 13.8 Å². The van der Waals surface area contributed by atoms with E-state index in [1.54, 1.807) is 24.3 Å². The Morgan fingerprint density at radius 1 is 1.26 bits per heavy atom. The maximum absolute atomic E-state index is 12.1. The third-order valence-electron chi connectivity index (χ3n) is 2.47. The van der Waals surface area contributed by atoms with Gasteiger partial charge in [0.25, 0.3) is 0 Å². The number of anilines is 1. The Morgan fingerprint density at radius 3 is 2.32 bits per heavy atom. The van der Waals surface area contributed by atoms with Crippen LogP contribution in [0.5, 0.6) is 0 Å². The van der Waals surface area contributed by atoms with Crippen molar-refractivity contribution in [2.24, 2.45) is 0 Å². The molecule has 0 saturated carbocycles. The largest absolute Gasteiger partial charge is 0.390 e. The highest BCUT2D eigenvalue weighted by Gasteiger charge is 2.29. The van der Waals surface area contributed by atoms with E-state index >= 15 is 0 Å². The summed E-state index contributed by atoms with van der Waals surface area (Å²) < 4.78 is 36.4. The van der Waals surface area contributed by atoms with Gasteiger partial charge in [0.1, 0.15) is 0 Å². The summed E-state index contributed by atoms with van der Waals surface area (Å²) in [6.07, 6.45) is -5.00. The van der Waals surface area contributed by atoms with Crippen LogP contribution in [-0.2, 0) is 11.3 Å². The number of benzene rings is 1. The summed E-state index contributed by atoms with van der Waals surface area (Å²) in [5.41, 5.74) is 1.53. The smallest absolute Gasteiger partial charge is 0.326 e. The van der Waals surface area contributed by atoms with Crippen molar-refractivity contribution in [3.63, 3.8) is 0 Å². The highest BCUT2D eigenvalue weighted by atomic mass is 19.4. The van der Waals surface area contributed by atoms with Gasteiger partial charge in [-0.25, -0.2) is 0 Å². The Morgan fingerprint density at radius 2 is 1.84 bits per heavy atom. The molecular weight excluding hydrogens is 257 g/mol. The second kappa shape index (κ2) is 6.56. The summed E-state index contributed by atoms with van der Waals surface area (Å²) in [5, 5.41) is 5.43. The molecule has 19 heavy (non-hydrogen) atoms. The Labute approximate surface area is 110 Å². The Kier molecular flexibility index (Phi) is 5.35. The van der Waals surface area contributed by atoms with Gasteiger partial charge in [-0.3, -0.25) is 4.79 Å². The van der Waals surface area contributed by atoms with Gasteiger partial charge in [-0.05, 0) is 24.6 Å². The zero-order chi connectivity index (χ0) is 14.5. The molecule has 0 aromatic heterocycles. The van der Waals surface area contributed by atoms with Crippen molar-refractivity contribution >= 4 is 11.6 Å². The standard InChI is InChI=1S/C13H17F3N2O/c1-9(7-13(14,15)16)17-8-11-3-5-12(6-4-11)18-10(2)19/h3-6,9,17H,7-8H2,1-2H3,(H,18,19). The molecule has 0 aliphatic carbocycles. The van der Waals surface area contributed by atoms with Gasteiger partial charge in [-0.15, -0.1) is 0 Å². The molecule has 0 fully saturated rings. The molecule has 3 nitrogen and oxygen atoms in total. The summed E-state index contributed by atoms with van der Waals surface area (Å²) in [6, 6.07) is 6.33. The molecule has 0 radical (unpaired) electrons. The highest BCUT2D eigenvalue weighted by Crippen LogP contribution is 2.21. The fourth-order valence-corrected chi connectivity index (χ4v) is 1.62. The minimum absolute atomic E-state index is 0.162. The van der Waals surface area contributed by atoms with Gasteiger partial charge in [0.05, 0.1) is 6.42 Å². The Hall–Kier alpha value is -1.56. The monoisotopic (exact) mass is 274 g/mol. The fourth-order valence-electron chi connectivity index (χ4n) is 1.62. The van der Waals surface area contributed by atoms with E-state index in [4.69, 9.17) is 0 Å². The minimum atomic E-state index is -4.15. The molecule has 1 aromatic rings. The van der Waals surface area contributed by atoms with Gasteiger partial charge < -0.3 is 10.6 Å². The SMILES string of the molecule is CC(=O)Nc1ccc(CNC(C)CC(F)(F)F)cc1. The van der Waals surface area contributed by atoms with E-state index in [2.05, 4.69) is 10.6 Å². The van der Waals surface area contributed by atoms with Gasteiger partial charge in [0.15, 0.2) is 0 Å². The number of hydrogen-bond acceptors (Lipinski definition) is 2. The van der Waals surface area contributed by atoms with Gasteiger partial charge in [0.2, 0.25) is 5.91 Å². The molecule has 6 heteroatoms. The van der Waals surface area contributed by atoms with Crippen LogP contribution in [0.25, 0.3) is 0 Å². The van der Waals surface area contributed by atoms with Gasteiger partial charge in [-0.2, -0.15) is 13.2 Å². The molecule has 0 bridgehead atoms. The maximum atomic E-state index is 12.1. The summed E-state index contributed by atoms with van der Waals surface area (Å²) in [4.78, 5) is 10.8. The number of amides is 1. The van der Waals surface area contributed by atoms with Crippen LogP contribution < -0.4 is 10.6 Å². The Bertz CT molecular complexity index is 415. The minimum Gasteiger partial charge on any atom is -0.326 e. The van der Waals surface area contributed by atoms with Crippen LogP contribution >= 0.6 is 0 Å². The third kappa shape index (κ3) is 6.81. The molecule has 0 spiro atoms. The summed E-state index contributed by atoms with van der Waals surface area (Å²) in [7, 11) is 0. The molecule has 2 N–H and O–H groups in total. The number of alkyl halides is 3. The molecule has 1 rings (SSSR count). The van der Waals surface area contributed by atoms with E-state index in [1.807, 2.05) is 0 Å². The van der Waals surface area contributed by atoms with Crippen molar-refractivity contribution in [2.45, 2.75) is 39.0 Å². The van der Waals surface area contributed by atoms with Crippen LogP contribution in [0.4, 0.5) is 18.9 Å². The average Bonchev–Trinajstić information content (AvgIpc) is 2.25. The predicted molar refractivity (Wildman–Crippen MR) is 67.7 cm³/mol. The first-order valence-corrected chi connectivity index (χ1v) is 5.93. The number of nitrogens with one attached hydrogen (secondary N) is 2. The first-order chi connectivity index (χ1) is 8.76.